The van der Waals surface area contributed by atoms with E-state index in [9.17, 15) is 0 Å². The summed E-state index contributed by atoms with van der Waals surface area (Å²) >= 11 is 0. The van der Waals surface area contributed by atoms with Crippen LogP contribution in [0, 0.1) is 0 Å². The van der Waals surface area contributed by atoms with Gasteiger partial charge in [-0.05, 0) is 6.42 Å². The van der Waals surface area contributed by atoms with Crippen molar-refractivity contribution in [3.63, 3.8) is 0 Å². The van der Waals surface area contributed by atoms with Gasteiger partial charge < -0.3 is 14.2 Å². The topological polar surface area (TPSA) is 100 Å². The van der Waals surface area contributed by atoms with E-state index in [2.05, 4.69) is 0 Å². The maximum atomic E-state index is 8.52. The first kappa shape index (κ1) is 23.7. The van der Waals surface area contributed by atoms with Crippen molar-refractivity contribution in [3.05, 3.63) is 0 Å². The Morgan fingerprint density at radius 3 is 1.36 bits per heavy atom. The Morgan fingerprint density at radius 2 is 1.36 bits per heavy atom. The third-order valence-corrected chi connectivity index (χ3v) is 0.224. The van der Waals surface area contributed by atoms with Gasteiger partial charge in [-0.1, -0.05) is 6.92 Å². The minimum Gasteiger partial charge on any atom is -0.759 e. The fraction of sp³-hybridized carbons (Fsp3) is 1.00. The average molecular weight is 234 g/mol. The van der Waals surface area contributed by atoms with Gasteiger partial charge in [-0.2, -0.15) is 0 Å². The van der Waals surface area contributed by atoms with Crippen molar-refractivity contribution in [1.82, 2.24) is 0 Å². The molecule has 8 heteroatoms. The van der Waals surface area contributed by atoms with Gasteiger partial charge in [0.1, 0.15) is 0 Å². The predicted octanol–water partition coefficient (Wildman–Crippen LogP) is -6.94. The average Bonchev–Trinajstić information content (AvgIpc) is 1.61. The number of aliphatic hydroxyl groups is 1. The molecule has 0 fully saturated rings. The predicted molar refractivity (Wildman–Crippen MR) is 27.9 cm³/mol. The van der Waals surface area contributed by atoms with Crippen molar-refractivity contribution in [2.75, 3.05) is 6.61 Å². The molecule has 0 unspecified atom stereocenters. The van der Waals surface area contributed by atoms with Gasteiger partial charge in [-0.15, -0.1) is 0 Å². The van der Waals surface area contributed by atoms with Crippen molar-refractivity contribution >= 4 is 10.4 Å². The van der Waals surface area contributed by atoms with Crippen LogP contribution in [-0.4, -0.2) is 29.2 Å². The first-order valence-corrected chi connectivity index (χ1v) is 3.52. The molecular weight excluding hydrogens is 226 g/mol. The summed E-state index contributed by atoms with van der Waals surface area (Å²) in [6.07, 6.45) is 0.875. The third-order valence-electron chi connectivity index (χ3n) is 0.224. The Kier molecular flexibility index (Phi) is 33.6. The van der Waals surface area contributed by atoms with Gasteiger partial charge in [-0.3, -0.25) is 8.42 Å². The second-order valence-electron chi connectivity index (χ2n) is 1.13. The summed E-state index contributed by atoms with van der Waals surface area (Å²) in [5.41, 5.74) is 0. The quantitative estimate of drug-likeness (QED) is 0.276. The normalized spacial score (nSPS) is 8.00. The molecule has 0 aromatic heterocycles. The molecule has 0 spiro atoms. The molecule has 0 aromatic carbocycles. The molecule has 0 bridgehead atoms. The summed E-state index contributed by atoms with van der Waals surface area (Å²) < 4.78 is 34.1. The van der Waals surface area contributed by atoms with Crippen LogP contribution in [0.1, 0.15) is 13.3 Å². The number of hydrogen-bond acceptors (Lipinski definition) is 5. The van der Waals surface area contributed by atoms with E-state index < -0.39 is 10.4 Å². The summed E-state index contributed by atoms with van der Waals surface area (Å²) in [5.74, 6) is 0. The maximum Gasteiger partial charge on any atom is 1.00 e. The Morgan fingerprint density at radius 1 is 1.27 bits per heavy atom. The van der Waals surface area contributed by atoms with Crippen LogP contribution in [0.25, 0.3) is 0 Å². The molecule has 11 heavy (non-hydrogen) atoms. The minimum absolute atomic E-state index is 0. The fourth-order valence-corrected chi connectivity index (χ4v) is 0. The van der Waals surface area contributed by atoms with Crippen LogP contribution in [0.15, 0.2) is 0 Å². The SMILES string of the molecule is CCCO.O=S(=O)([O-])[O-].[K+].[K+]. The first-order chi connectivity index (χ1) is 3.91. The molecule has 1 N–H and O–H groups in total. The zero-order chi connectivity index (χ0) is 7.91. The van der Waals surface area contributed by atoms with E-state index in [4.69, 9.17) is 22.6 Å². The third kappa shape index (κ3) is 96.0. The molecule has 0 rings (SSSR count). The van der Waals surface area contributed by atoms with Crippen molar-refractivity contribution < 1.29 is 125 Å². The standard InChI is InChI=1S/C3H8O.2K.H2O4S/c1-2-3-4;;;1-5(2,3)4/h4H,2-3H2,1H3;;;(H2,1,2,3,4)/q;2*+1;/p-2. The van der Waals surface area contributed by atoms with E-state index in [-0.39, 0.29) is 103 Å². The Labute approximate surface area is 152 Å². The van der Waals surface area contributed by atoms with E-state index in [1.165, 1.54) is 0 Å². The zero-order valence-corrected chi connectivity index (χ0v) is 14.0. The molecule has 0 aliphatic carbocycles. The maximum absolute atomic E-state index is 8.52. The molecule has 5 nitrogen and oxygen atoms in total. The van der Waals surface area contributed by atoms with Gasteiger partial charge in [-0.25, -0.2) is 0 Å². The Hall–Kier alpha value is 3.10. The summed E-state index contributed by atoms with van der Waals surface area (Å²) in [7, 11) is -5.17. The molecule has 0 saturated carbocycles. The van der Waals surface area contributed by atoms with Gasteiger partial charge in [0.05, 0.1) is 0 Å². The van der Waals surface area contributed by atoms with Crippen molar-refractivity contribution in [3.8, 4) is 0 Å². The molecule has 0 heterocycles. The number of aliphatic hydroxyl groups excluding tert-OH is 1. The van der Waals surface area contributed by atoms with Crippen molar-refractivity contribution in [2.45, 2.75) is 13.3 Å². The summed E-state index contributed by atoms with van der Waals surface area (Å²) in [6.45, 7) is 2.25. The largest absolute Gasteiger partial charge is 1.00 e. The Balaban J connectivity index is -0.0000000383. The van der Waals surface area contributed by atoms with Crippen LogP contribution in [0.3, 0.4) is 0 Å². The van der Waals surface area contributed by atoms with Crippen molar-refractivity contribution in [1.29, 1.82) is 0 Å². The smallest absolute Gasteiger partial charge is 0.759 e. The van der Waals surface area contributed by atoms with Gasteiger partial charge in [0.15, 0.2) is 0 Å². The minimum atomic E-state index is -5.17. The summed E-state index contributed by atoms with van der Waals surface area (Å²) in [6, 6.07) is 0. The zero-order valence-electron chi connectivity index (χ0n) is 6.90. The fourth-order valence-electron chi connectivity index (χ4n) is 0. The van der Waals surface area contributed by atoms with Gasteiger partial charge >= 0.3 is 103 Å². The van der Waals surface area contributed by atoms with Crippen LogP contribution in [0.5, 0.6) is 0 Å². The van der Waals surface area contributed by atoms with Crippen molar-refractivity contribution in [2.24, 2.45) is 0 Å². The van der Waals surface area contributed by atoms with E-state index in [0.29, 0.717) is 6.61 Å². The molecule has 58 valence electrons. The molecule has 0 aromatic rings. The van der Waals surface area contributed by atoms with E-state index in [1.54, 1.807) is 0 Å². The monoisotopic (exact) mass is 234 g/mol. The van der Waals surface area contributed by atoms with Crippen LogP contribution < -0.4 is 103 Å². The van der Waals surface area contributed by atoms with Crippen LogP contribution >= 0.6 is 0 Å². The van der Waals surface area contributed by atoms with E-state index in [1.807, 2.05) is 6.92 Å². The number of hydrogen-bond donors (Lipinski definition) is 1. The second kappa shape index (κ2) is 15.6. The second-order valence-corrected chi connectivity index (χ2v) is 1.95. The van der Waals surface area contributed by atoms with Crippen LogP contribution in [0.2, 0.25) is 0 Å². The van der Waals surface area contributed by atoms with Gasteiger partial charge in [0.25, 0.3) is 0 Å². The van der Waals surface area contributed by atoms with Crippen LogP contribution in [-0.2, 0) is 10.4 Å². The molecule has 0 amide bonds. The molecule has 0 saturated heterocycles. The molecular formula is C3H8K2O5S. The van der Waals surface area contributed by atoms with E-state index in [0.717, 1.165) is 6.42 Å². The van der Waals surface area contributed by atoms with Gasteiger partial charge in [0, 0.05) is 17.0 Å². The summed E-state index contributed by atoms with van der Waals surface area (Å²) in [5, 5.41) is 7.88. The van der Waals surface area contributed by atoms with E-state index >= 15 is 0 Å². The molecule has 0 atom stereocenters. The van der Waals surface area contributed by atoms with Gasteiger partial charge in [0.2, 0.25) is 0 Å². The molecule has 0 aliphatic rings. The Bertz CT molecular complexity index is 123. The molecule has 0 aliphatic heterocycles. The van der Waals surface area contributed by atoms with Crippen LogP contribution in [0.4, 0.5) is 0 Å². The number of rotatable bonds is 1. The summed E-state index contributed by atoms with van der Waals surface area (Å²) in [4.78, 5) is 0. The molecule has 0 radical (unpaired) electrons. The first-order valence-electron chi connectivity index (χ1n) is 2.19.